The number of fused-ring (bicyclic) bond motifs is 1. The van der Waals surface area contributed by atoms with Crippen LogP contribution in [0, 0.1) is 0 Å². The fourth-order valence-electron chi connectivity index (χ4n) is 2.23. The maximum absolute atomic E-state index is 10.6. The molecule has 2 aromatic rings. The summed E-state index contributed by atoms with van der Waals surface area (Å²) in [6.45, 7) is -0.652. The molecule has 1 aliphatic heterocycles. The van der Waals surface area contributed by atoms with Crippen LogP contribution in [0.5, 0.6) is 0 Å². The smallest absolute Gasteiger partial charge is 0.223 e. The third-order valence-corrected chi connectivity index (χ3v) is 3.57. The Hall–Kier alpha value is -1.52. The molecule has 1 fully saturated rings. The van der Waals surface area contributed by atoms with Gasteiger partial charge in [-0.2, -0.15) is 9.97 Å². The van der Waals surface area contributed by atoms with E-state index in [-0.39, 0.29) is 28.9 Å². The van der Waals surface area contributed by atoms with Gasteiger partial charge in [-0.1, -0.05) is 11.6 Å². The zero-order chi connectivity index (χ0) is 14.5. The van der Waals surface area contributed by atoms with Gasteiger partial charge in [-0.15, -0.1) is 0 Å². The molecule has 3 heterocycles. The molecule has 0 spiro atoms. The maximum Gasteiger partial charge on any atom is 0.223 e. The number of nitrogen functional groups attached to an aromatic ring is 1. The normalized spacial score (nSPS) is 30.2. The molecule has 0 saturated carbocycles. The van der Waals surface area contributed by atoms with Gasteiger partial charge in [0.2, 0.25) is 5.95 Å². The Bertz CT molecular complexity index is 664. The van der Waals surface area contributed by atoms with Gasteiger partial charge < -0.3 is 25.8 Å². The van der Waals surface area contributed by atoms with Crippen molar-refractivity contribution in [1.82, 2.24) is 19.5 Å². The Balaban J connectivity index is 2.15. The van der Waals surface area contributed by atoms with Crippen molar-refractivity contribution in [3.05, 3.63) is 11.5 Å². The Labute approximate surface area is 117 Å². The average molecular weight is 302 g/mol. The number of rotatable bonds is 2. The third-order valence-electron chi connectivity index (χ3n) is 3.30. The molecule has 0 bridgehead atoms. The average Bonchev–Trinajstić information content (AvgIpc) is 2.94. The quantitative estimate of drug-likeness (QED) is 0.489. The maximum atomic E-state index is 10.6. The molecule has 5 N–H and O–H groups in total. The number of halogens is 1. The minimum atomic E-state index is -1.81. The van der Waals surface area contributed by atoms with Crippen molar-refractivity contribution in [2.24, 2.45) is 0 Å². The topological polar surface area (TPSA) is 140 Å². The van der Waals surface area contributed by atoms with E-state index in [0.29, 0.717) is 0 Å². The molecule has 9 nitrogen and oxygen atoms in total. The second-order valence-corrected chi connectivity index (χ2v) is 4.87. The molecule has 108 valence electrons. The lowest BCUT2D eigenvalue weighted by molar-refractivity contribution is -0.110. The van der Waals surface area contributed by atoms with Crippen LogP contribution in [0.2, 0.25) is 5.15 Å². The molecule has 1 saturated heterocycles. The van der Waals surface area contributed by atoms with Crippen molar-refractivity contribution < 1.29 is 20.1 Å². The Morgan fingerprint density at radius 2 is 2.30 bits per heavy atom. The molecule has 0 aromatic carbocycles. The van der Waals surface area contributed by atoms with Crippen LogP contribution in [0.15, 0.2) is 6.33 Å². The highest BCUT2D eigenvalue weighted by molar-refractivity contribution is 6.33. The molecule has 1 aliphatic rings. The van der Waals surface area contributed by atoms with Crippen molar-refractivity contribution in [1.29, 1.82) is 0 Å². The minimum absolute atomic E-state index is 0.0435. The van der Waals surface area contributed by atoms with E-state index in [2.05, 4.69) is 15.0 Å². The number of imidazole rings is 1. The summed E-state index contributed by atoms with van der Waals surface area (Å²) in [5.74, 6) is -0.0834. The van der Waals surface area contributed by atoms with Gasteiger partial charge in [0, 0.05) is 0 Å². The fourth-order valence-corrected chi connectivity index (χ4v) is 2.45. The number of aliphatic hydroxyl groups is 3. The van der Waals surface area contributed by atoms with E-state index in [1.807, 2.05) is 0 Å². The van der Waals surface area contributed by atoms with Crippen LogP contribution < -0.4 is 5.73 Å². The molecule has 2 aromatic heterocycles. The number of hydrogen-bond acceptors (Lipinski definition) is 8. The molecule has 0 radical (unpaired) electrons. The molecule has 0 aliphatic carbocycles. The van der Waals surface area contributed by atoms with Crippen molar-refractivity contribution >= 4 is 28.7 Å². The second-order valence-electron chi connectivity index (χ2n) is 4.51. The molecule has 3 rings (SSSR count). The van der Waals surface area contributed by atoms with Gasteiger partial charge >= 0.3 is 0 Å². The summed E-state index contributed by atoms with van der Waals surface area (Å²) in [6, 6.07) is 0. The van der Waals surface area contributed by atoms with Crippen LogP contribution >= 0.6 is 11.6 Å². The monoisotopic (exact) mass is 301 g/mol. The largest absolute Gasteiger partial charge is 0.394 e. The summed E-state index contributed by atoms with van der Waals surface area (Å²) < 4.78 is 6.37. The zero-order valence-electron chi connectivity index (χ0n) is 10.1. The van der Waals surface area contributed by atoms with E-state index < -0.39 is 24.5 Å². The summed E-state index contributed by atoms with van der Waals surface area (Å²) in [7, 11) is 0. The van der Waals surface area contributed by atoms with E-state index in [9.17, 15) is 10.2 Å². The van der Waals surface area contributed by atoms with Gasteiger partial charge in [-0.05, 0) is 0 Å². The predicted molar refractivity (Wildman–Crippen MR) is 67.8 cm³/mol. The van der Waals surface area contributed by atoms with Crippen LogP contribution in [-0.2, 0) is 10.5 Å². The lowest BCUT2D eigenvalue weighted by Gasteiger charge is -2.27. The summed E-state index contributed by atoms with van der Waals surface area (Å²) in [5, 5.41) is 29.8. The van der Waals surface area contributed by atoms with Crippen LogP contribution in [0.4, 0.5) is 5.95 Å². The number of hydrogen-bond donors (Lipinski definition) is 4. The van der Waals surface area contributed by atoms with E-state index >= 15 is 0 Å². The van der Waals surface area contributed by atoms with Gasteiger partial charge in [-0.3, -0.25) is 4.57 Å². The van der Waals surface area contributed by atoms with Crippen LogP contribution in [0.3, 0.4) is 0 Å². The first-order chi connectivity index (χ1) is 9.47. The summed E-state index contributed by atoms with van der Waals surface area (Å²) in [5.41, 5.74) is 4.12. The number of aromatic nitrogens is 4. The molecule has 10 heteroatoms. The van der Waals surface area contributed by atoms with Gasteiger partial charge in [0.25, 0.3) is 0 Å². The fraction of sp³-hybridized carbons (Fsp3) is 0.500. The van der Waals surface area contributed by atoms with Crippen molar-refractivity contribution in [2.45, 2.75) is 17.9 Å². The molecule has 3 atom stereocenters. The summed E-state index contributed by atoms with van der Waals surface area (Å²) in [4.78, 5) is 11.7. The standard InChI is InChI=1S/C10H12ClN5O4/c11-7-5-8(15-9(12)14-7)16(3-13-5)10(19)2-20-4(1-17)6(10)18/h3-4,6,17-19H,1-2H2,(H2,12,14,15)/t4-,6-,10-/m1/s1. The van der Waals surface area contributed by atoms with Gasteiger partial charge in [0.1, 0.15) is 17.7 Å². The molecule has 0 amide bonds. The van der Waals surface area contributed by atoms with E-state index in [4.69, 9.17) is 27.2 Å². The first kappa shape index (κ1) is 13.5. The Morgan fingerprint density at radius 1 is 1.55 bits per heavy atom. The van der Waals surface area contributed by atoms with Crippen LogP contribution in [-0.4, -0.2) is 60.3 Å². The lowest BCUT2D eigenvalue weighted by Crippen LogP contribution is -2.46. The van der Waals surface area contributed by atoms with Gasteiger partial charge in [0.15, 0.2) is 16.5 Å². The highest BCUT2D eigenvalue weighted by Gasteiger charge is 2.50. The van der Waals surface area contributed by atoms with E-state index in [1.54, 1.807) is 0 Å². The first-order valence-electron chi connectivity index (χ1n) is 5.77. The highest BCUT2D eigenvalue weighted by Crippen LogP contribution is 2.32. The van der Waals surface area contributed by atoms with E-state index in [0.717, 1.165) is 0 Å². The van der Waals surface area contributed by atoms with E-state index in [1.165, 1.54) is 10.9 Å². The SMILES string of the molecule is Nc1nc(Cl)c2ncn([C@@]3(O)CO[C@H](CO)[C@H]3O)c2n1. The Morgan fingerprint density at radius 3 is 2.95 bits per heavy atom. The van der Waals surface area contributed by atoms with Gasteiger partial charge in [0.05, 0.1) is 19.5 Å². The van der Waals surface area contributed by atoms with Crippen molar-refractivity contribution in [2.75, 3.05) is 18.9 Å². The number of nitrogens with zero attached hydrogens (tertiary/aromatic N) is 4. The van der Waals surface area contributed by atoms with Crippen LogP contribution in [0.25, 0.3) is 11.2 Å². The van der Waals surface area contributed by atoms with Crippen molar-refractivity contribution in [3.63, 3.8) is 0 Å². The summed E-state index contributed by atoms with van der Waals surface area (Å²) >= 11 is 5.90. The molecule has 20 heavy (non-hydrogen) atoms. The Kier molecular flexibility index (Phi) is 3.03. The lowest BCUT2D eigenvalue weighted by atomic mass is 10.1. The number of nitrogens with two attached hydrogens (primary N) is 1. The molecule has 0 unspecified atom stereocenters. The zero-order valence-corrected chi connectivity index (χ0v) is 10.9. The minimum Gasteiger partial charge on any atom is -0.394 e. The van der Waals surface area contributed by atoms with Gasteiger partial charge in [-0.25, -0.2) is 4.98 Å². The number of aliphatic hydroxyl groups excluding tert-OH is 2. The molecular formula is C10H12ClN5O4. The number of ether oxygens (including phenoxy) is 1. The summed E-state index contributed by atoms with van der Waals surface area (Å²) in [6.07, 6.45) is -0.983. The van der Waals surface area contributed by atoms with Crippen molar-refractivity contribution in [3.8, 4) is 0 Å². The second kappa shape index (κ2) is 4.50. The molecular weight excluding hydrogens is 290 g/mol. The number of anilines is 1. The first-order valence-corrected chi connectivity index (χ1v) is 6.14. The highest BCUT2D eigenvalue weighted by atomic mass is 35.5. The predicted octanol–water partition coefficient (Wildman–Crippen LogP) is -1.54. The third kappa shape index (κ3) is 1.75. The van der Waals surface area contributed by atoms with Crippen LogP contribution in [0.1, 0.15) is 0 Å².